The highest BCUT2D eigenvalue weighted by Crippen LogP contribution is 2.32. The topological polar surface area (TPSA) is 25.8 Å². The predicted molar refractivity (Wildman–Crippen MR) is 98.8 cm³/mol. The zero-order valence-electron chi connectivity index (χ0n) is 12.9. The highest BCUT2D eigenvalue weighted by Gasteiger charge is 2.07. The Hall–Kier alpha value is -3.26. The molecule has 1 radical (unpaired) electrons. The summed E-state index contributed by atoms with van der Waals surface area (Å²) in [5.74, 6) is 0.706. The minimum atomic E-state index is 0.706. The van der Waals surface area contributed by atoms with E-state index < -0.39 is 0 Å². The number of nitrogens with zero attached hydrogens (tertiary/aromatic N) is 2. The molecule has 1 heterocycles. The number of rotatable bonds is 1. The van der Waals surface area contributed by atoms with Crippen LogP contribution >= 0.6 is 0 Å². The maximum atomic E-state index is 4.32. The van der Waals surface area contributed by atoms with E-state index in [0.717, 1.165) is 10.9 Å². The van der Waals surface area contributed by atoms with Crippen molar-refractivity contribution >= 4 is 32.3 Å². The fraction of sp³-hybridized carbons (Fsp3) is 0. The molecule has 0 saturated carbocycles. The van der Waals surface area contributed by atoms with Crippen molar-refractivity contribution in [3.05, 3.63) is 85.2 Å². The van der Waals surface area contributed by atoms with Gasteiger partial charge in [-0.2, -0.15) is 0 Å². The molecule has 0 unspecified atom stereocenters. The van der Waals surface area contributed by atoms with Crippen LogP contribution in [0.25, 0.3) is 43.7 Å². The monoisotopic (exact) mass is 305 g/mol. The van der Waals surface area contributed by atoms with Crippen LogP contribution in [-0.4, -0.2) is 9.97 Å². The second-order valence-corrected chi connectivity index (χ2v) is 5.85. The molecule has 4 aromatic carbocycles. The van der Waals surface area contributed by atoms with E-state index in [0.29, 0.717) is 5.82 Å². The maximum absolute atomic E-state index is 4.32. The molecule has 0 aliphatic heterocycles. The van der Waals surface area contributed by atoms with Gasteiger partial charge in [-0.25, -0.2) is 9.97 Å². The standard InChI is InChI=1S/C22H13N2/c1-2-5-18-15(4-1)6-10-21-19-9-8-17(22-23-12-3-13-24-22)14-16(19)7-11-20(18)21/h1-13H. The molecule has 2 nitrogen and oxygen atoms in total. The fourth-order valence-corrected chi connectivity index (χ4v) is 3.32. The van der Waals surface area contributed by atoms with E-state index in [9.17, 15) is 0 Å². The van der Waals surface area contributed by atoms with E-state index >= 15 is 0 Å². The smallest absolute Gasteiger partial charge is 0.159 e. The van der Waals surface area contributed by atoms with Gasteiger partial charge in [-0.1, -0.05) is 54.6 Å². The number of hydrogen-bond acceptors (Lipinski definition) is 2. The third-order valence-corrected chi connectivity index (χ3v) is 4.46. The van der Waals surface area contributed by atoms with Crippen LogP contribution in [0, 0.1) is 6.07 Å². The van der Waals surface area contributed by atoms with Gasteiger partial charge in [-0.15, -0.1) is 0 Å². The van der Waals surface area contributed by atoms with E-state index in [1.807, 2.05) is 12.1 Å². The van der Waals surface area contributed by atoms with Crippen LogP contribution in [0.2, 0.25) is 0 Å². The first kappa shape index (κ1) is 13.2. The summed E-state index contributed by atoms with van der Waals surface area (Å²) in [7, 11) is 0. The molecule has 2 heteroatoms. The minimum absolute atomic E-state index is 0.706. The van der Waals surface area contributed by atoms with Crippen molar-refractivity contribution in [2.45, 2.75) is 0 Å². The molecule has 5 aromatic rings. The van der Waals surface area contributed by atoms with Gasteiger partial charge in [0.15, 0.2) is 5.82 Å². The van der Waals surface area contributed by atoms with Gasteiger partial charge < -0.3 is 0 Å². The lowest BCUT2D eigenvalue weighted by molar-refractivity contribution is 1.18. The van der Waals surface area contributed by atoms with E-state index in [1.165, 1.54) is 26.9 Å². The first-order valence-corrected chi connectivity index (χ1v) is 7.94. The van der Waals surface area contributed by atoms with E-state index in [2.05, 4.69) is 70.6 Å². The molecule has 24 heavy (non-hydrogen) atoms. The average Bonchev–Trinajstić information content (AvgIpc) is 2.67. The summed E-state index contributed by atoms with van der Waals surface area (Å²) >= 11 is 0. The van der Waals surface area contributed by atoms with Gasteiger partial charge in [-0.3, -0.25) is 0 Å². The molecule has 1 aromatic heterocycles. The van der Waals surface area contributed by atoms with E-state index in [1.54, 1.807) is 12.4 Å². The van der Waals surface area contributed by atoms with E-state index in [-0.39, 0.29) is 0 Å². The minimum Gasteiger partial charge on any atom is -0.237 e. The van der Waals surface area contributed by atoms with Crippen LogP contribution in [0.4, 0.5) is 0 Å². The summed E-state index contributed by atoms with van der Waals surface area (Å²) in [5, 5.41) is 7.37. The first-order chi connectivity index (χ1) is 11.9. The normalized spacial score (nSPS) is 11.3. The zero-order valence-corrected chi connectivity index (χ0v) is 12.9. The summed E-state index contributed by atoms with van der Waals surface area (Å²) in [4.78, 5) is 8.63. The van der Waals surface area contributed by atoms with Crippen LogP contribution in [0.1, 0.15) is 0 Å². The van der Waals surface area contributed by atoms with Crippen molar-refractivity contribution < 1.29 is 0 Å². The molecule has 111 valence electrons. The van der Waals surface area contributed by atoms with Gasteiger partial charge in [0.25, 0.3) is 0 Å². The molecule has 0 amide bonds. The van der Waals surface area contributed by atoms with Gasteiger partial charge in [-0.05, 0) is 44.5 Å². The quantitative estimate of drug-likeness (QED) is 0.387. The second kappa shape index (κ2) is 5.14. The maximum Gasteiger partial charge on any atom is 0.159 e. The molecule has 0 N–H and O–H groups in total. The molecule has 5 rings (SSSR count). The first-order valence-electron chi connectivity index (χ1n) is 7.94. The Morgan fingerprint density at radius 3 is 2.25 bits per heavy atom. The van der Waals surface area contributed by atoms with Gasteiger partial charge in [0.05, 0.1) is 0 Å². The molecule has 0 aliphatic carbocycles. The summed E-state index contributed by atoms with van der Waals surface area (Å²) < 4.78 is 0. The Morgan fingerprint density at radius 2 is 1.33 bits per heavy atom. The molecule has 0 fully saturated rings. The zero-order chi connectivity index (χ0) is 15.9. The Balaban J connectivity index is 1.81. The molecular formula is C22H13N2. The van der Waals surface area contributed by atoms with Crippen LogP contribution in [0.3, 0.4) is 0 Å². The number of fused-ring (bicyclic) bond motifs is 5. The summed E-state index contributed by atoms with van der Waals surface area (Å²) in [6.07, 6.45) is 3.51. The molecule has 0 atom stereocenters. The van der Waals surface area contributed by atoms with Crippen molar-refractivity contribution in [3.8, 4) is 11.4 Å². The fourth-order valence-electron chi connectivity index (χ4n) is 3.32. The van der Waals surface area contributed by atoms with Crippen LogP contribution in [0.15, 0.2) is 79.1 Å². The van der Waals surface area contributed by atoms with Crippen LogP contribution in [-0.2, 0) is 0 Å². The predicted octanol–water partition coefficient (Wildman–Crippen LogP) is 5.40. The average molecular weight is 305 g/mol. The molecule has 0 spiro atoms. The van der Waals surface area contributed by atoms with Crippen molar-refractivity contribution in [1.29, 1.82) is 0 Å². The molecular weight excluding hydrogens is 292 g/mol. The van der Waals surface area contributed by atoms with Crippen molar-refractivity contribution in [1.82, 2.24) is 9.97 Å². The Kier molecular flexibility index (Phi) is 2.83. The SMILES string of the molecule is [c]1c(-c2ncccn2)ccc2c1ccc1c3ccccc3ccc21. The van der Waals surface area contributed by atoms with Gasteiger partial charge in [0, 0.05) is 24.0 Å². The summed E-state index contributed by atoms with van der Waals surface area (Å²) in [6, 6.07) is 26.7. The lowest BCUT2D eigenvalue weighted by atomic mass is 9.96. The molecule has 0 bridgehead atoms. The largest absolute Gasteiger partial charge is 0.237 e. The van der Waals surface area contributed by atoms with Crippen molar-refractivity contribution in [2.75, 3.05) is 0 Å². The van der Waals surface area contributed by atoms with E-state index in [4.69, 9.17) is 0 Å². The Bertz CT molecular complexity index is 1190. The van der Waals surface area contributed by atoms with Crippen molar-refractivity contribution in [3.63, 3.8) is 0 Å². The van der Waals surface area contributed by atoms with Crippen LogP contribution < -0.4 is 0 Å². The highest BCUT2D eigenvalue weighted by molar-refractivity contribution is 6.17. The van der Waals surface area contributed by atoms with Gasteiger partial charge in [0.1, 0.15) is 0 Å². The summed E-state index contributed by atoms with van der Waals surface area (Å²) in [6.45, 7) is 0. The summed E-state index contributed by atoms with van der Waals surface area (Å²) in [5.41, 5.74) is 0.920. The third-order valence-electron chi connectivity index (χ3n) is 4.46. The van der Waals surface area contributed by atoms with Crippen LogP contribution in [0.5, 0.6) is 0 Å². The Labute approximate surface area is 139 Å². The number of benzene rings is 4. The van der Waals surface area contributed by atoms with Crippen molar-refractivity contribution in [2.24, 2.45) is 0 Å². The number of aromatic nitrogens is 2. The third kappa shape index (κ3) is 1.97. The number of hydrogen-bond donors (Lipinski definition) is 0. The molecule has 0 aliphatic rings. The van der Waals surface area contributed by atoms with Gasteiger partial charge in [0.2, 0.25) is 0 Å². The Morgan fingerprint density at radius 1 is 0.583 bits per heavy atom. The second-order valence-electron chi connectivity index (χ2n) is 5.85. The highest BCUT2D eigenvalue weighted by atomic mass is 14.8. The lowest BCUT2D eigenvalue weighted by Gasteiger charge is -2.08. The van der Waals surface area contributed by atoms with Gasteiger partial charge >= 0.3 is 0 Å². The molecule has 0 saturated heterocycles. The lowest BCUT2D eigenvalue weighted by Crippen LogP contribution is -1.88.